The molecule has 0 bridgehead atoms. The fourth-order valence-corrected chi connectivity index (χ4v) is 3.14. The van der Waals surface area contributed by atoms with E-state index >= 15 is 0 Å². The van der Waals surface area contributed by atoms with E-state index in [-0.39, 0.29) is 6.10 Å². The molecule has 0 saturated heterocycles. The molecule has 1 heterocycles. The van der Waals surface area contributed by atoms with Crippen LogP contribution in [0.25, 0.3) is 10.9 Å². The van der Waals surface area contributed by atoms with Crippen molar-refractivity contribution >= 4 is 10.9 Å². The standard InChI is InChI=1S/C18H24N2O/c1-2-12-19-15-9-3-4-10-16(15)21-17-11-5-7-14-8-6-13-20-18(14)17/h5-8,11,13,15-16,19H,2-4,9-10,12H2,1H3. The van der Waals surface area contributed by atoms with E-state index in [9.17, 15) is 0 Å². The summed E-state index contributed by atoms with van der Waals surface area (Å²) in [7, 11) is 0. The van der Waals surface area contributed by atoms with Crippen LogP contribution < -0.4 is 10.1 Å². The lowest BCUT2D eigenvalue weighted by molar-refractivity contribution is 0.115. The molecule has 0 spiro atoms. The highest BCUT2D eigenvalue weighted by Crippen LogP contribution is 2.28. The smallest absolute Gasteiger partial charge is 0.146 e. The molecule has 1 saturated carbocycles. The number of hydrogen-bond donors (Lipinski definition) is 1. The Balaban J connectivity index is 1.79. The number of fused-ring (bicyclic) bond motifs is 1. The van der Waals surface area contributed by atoms with Crippen molar-refractivity contribution in [2.24, 2.45) is 0 Å². The molecule has 1 aromatic heterocycles. The molecule has 2 unspecified atom stereocenters. The van der Waals surface area contributed by atoms with Crippen LogP contribution in [0.4, 0.5) is 0 Å². The first kappa shape index (κ1) is 14.3. The Labute approximate surface area is 126 Å². The predicted octanol–water partition coefficient (Wildman–Crippen LogP) is 3.92. The van der Waals surface area contributed by atoms with Gasteiger partial charge in [0.05, 0.1) is 0 Å². The van der Waals surface area contributed by atoms with Gasteiger partial charge in [-0.3, -0.25) is 4.98 Å². The third-order valence-electron chi connectivity index (χ3n) is 4.23. The summed E-state index contributed by atoms with van der Waals surface area (Å²) in [6.45, 7) is 3.28. The van der Waals surface area contributed by atoms with E-state index in [4.69, 9.17) is 4.74 Å². The van der Waals surface area contributed by atoms with Gasteiger partial charge < -0.3 is 10.1 Å². The molecule has 2 aromatic rings. The molecule has 1 fully saturated rings. The van der Waals surface area contributed by atoms with Gasteiger partial charge in [-0.05, 0) is 44.4 Å². The second-order valence-corrected chi connectivity index (χ2v) is 5.83. The second-order valence-electron chi connectivity index (χ2n) is 5.83. The number of ether oxygens (including phenoxy) is 1. The number of hydrogen-bond acceptors (Lipinski definition) is 3. The van der Waals surface area contributed by atoms with E-state index in [2.05, 4.69) is 35.4 Å². The van der Waals surface area contributed by atoms with Gasteiger partial charge in [-0.2, -0.15) is 0 Å². The molecular formula is C18H24N2O. The van der Waals surface area contributed by atoms with Crippen molar-refractivity contribution in [2.75, 3.05) is 6.54 Å². The molecular weight excluding hydrogens is 260 g/mol. The van der Waals surface area contributed by atoms with E-state index in [1.807, 2.05) is 18.3 Å². The number of aromatic nitrogens is 1. The summed E-state index contributed by atoms with van der Waals surface area (Å²) >= 11 is 0. The Morgan fingerprint density at radius 3 is 2.95 bits per heavy atom. The van der Waals surface area contributed by atoms with Crippen LogP contribution in [0, 0.1) is 0 Å². The molecule has 1 N–H and O–H groups in total. The fourth-order valence-electron chi connectivity index (χ4n) is 3.14. The van der Waals surface area contributed by atoms with E-state index in [0.717, 1.165) is 29.6 Å². The zero-order chi connectivity index (χ0) is 14.5. The monoisotopic (exact) mass is 284 g/mol. The Bertz CT molecular complexity index is 579. The second kappa shape index (κ2) is 6.90. The minimum atomic E-state index is 0.262. The predicted molar refractivity (Wildman–Crippen MR) is 86.7 cm³/mol. The maximum Gasteiger partial charge on any atom is 0.146 e. The number of nitrogens with one attached hydrogen (secondary N) is 1. The summed E-state index contributed by atoms with van der Waals surface area (Å²) in [4.78, 5) is 4.49. The summed E-state index contributed by atoms with van der Waals surface area (Å²) in [6.07, 6.45) is 8.16. The highest BCUT2D eigenvalue weighted by molar-refractivity contribution is 5.84. The first-order valence-corrected chi connectivity index (χ1v) is 8.12. The van der Waals surface area contributed by atoms with Crippen molar-refractivity contribution < 1.29 is 4.74 Å². The first-order valence-electron chi connectivity index (χ1n) is 8.12. The minimum absolute atomic E-state index is 0.262. The van der Waals surface area contributed by atoms with Crippen LogP contribution in [0.5, 0.6) is 5.75 Å². The molecule has 0 radical (unpaired) electrons. The van der Waals surface area contributed by atoms with Crippen LogP contribution in [0.15, 0.2) is 36.5 Å². The van der Waals surface area contributed by atoms with E-state index in [0.29, 0.717) is 6.04 Å². The highest BCUT2D eigenvalue weighted by atomic mass is 16.5. The van der Waals surface area contributed by atoms with Gasteiger partial charge in [-0.25, -0.2) is 0 Å². The van der Waals surface area contributed by atoms with Gasteiger partial charge in [0.15, 0.2) is 0 Å². The van der Waals surface area contributed by atoms with Crippen LogP contribution in [0.3, 0.4) is 0 Å². The van der Waals surface area contributed by atoms with Crippen LogP contribution in [-0.2, 0) is 0 Å². The summed E-state index contributed by atoms with van der Waals surface area (Å²) in [6, 6.07) is 10.7. The summed E-state index contributed by atoms with van der Waals surface area (Å²) < 4.78 is 6.35. The molecule has 0 amide bonds. The number of pyridine rings is 1. The van der Waals surface area contributed by atoms with Crippen LogP contribution >= 0.6 is 0 Å². The molecule has 1 aliphatic carbocycles. The van der Waals surface area contributed by atoms with Crippen LogP contribution in [0.2, 0.25) is 0 Å². The zero-order valence-corrected chi connectivity index (χ0v) is 12.7. The normalized spacial score (nSPS) is 22.3. The number of para-hydroxylation sites is 1. The molecule has 1 aromatic carbocycles. The van der Waals surface area contributed by atoms with Crippen molar-refractivity contribution in [3.05, 3.63) is 36.5 Å². The summed E-state index contributed by atoms with van der Waals surface area (Å²) in [5, 5.41) is 4.79. The number of benzene rings is 1. The molecule has 112 valence electrons. The lowest BCUT2D eigenvalue weighted by Gasteiger charge is -2.32. The Kier molecular flexibility index (Phi) is 4.71. The number of nitrogens with zero attached hydrogens (tertiary/aromatic N) is 1. The van der Waals surface area contributed by atoms with Crippen LogP contribution in [0.1, 0.15) is 39.0 Å². The quantitative estimate of drug-likeness (QED) is 0.903. The van der Waals surface area contributed by atoms with Gasteiger partial charge in [0.2, 0.25) is 0 Å². The van der Waals surface area contributed by atoms with Gasteiger partial charge in [-0.15, -0.1) is 0 Å². The summed E-state index contributed by atoms with van der Waals surface area (Å²) in [5.74, 6) is 0.920. The lowest BCUT2D eigenvalue weighted by atomic mass is 9.92. The average Bonchev–Trinajstić information content (AvgIpc) is 2.54. The topological polar surface area (TPSA) is 34.1 Å². The summed E-state index contributed by atoms with van der Waals surface area (Å²) in [5.41, 5.74) is 0.972. The molecule has 1 aliphatic rings. The maximum atomic E-state index is 6.35. The van der Waals surface area contributed by atoms with Gasteiger partial charge in [0.25, 0.3) is 0 Å². The van der Waals surface area contributed by atoms with E-state index in [1.165, 1.54) is 25.7 Å². The van der Waals surface area contributed by atoms with E-state index < -0.39 is 0 Å². The largest absolute Gasteiger partial charge is 0.487 e. The Morgan fingerprint density at radius 2 is 2.05 bits per heavy atom. The zero-order valence-electron chi connectivity index (χ0n) is 12.7. The van der Waals surface area contributed by atoms with Crippen molar-refractivity contribution in [3.63, 3.8) is 0 Å². The Hall–Kier alpha value is -1.61. The maximum absolute atomic E-state index is 6.35. The molecule has 2 atom stereocenters. The molecule has 0 aliphatic heterocycles. The molecule has 3 rings (SSSR count). The fraction of sp³-hybridized carbons (Fsp3) is 0.500. The average molecular weight is 284 g/mol. The minimum Gasteiger partial charge on any atom is -0.487 e. The highest BCUT2D eigenvalue weighted by Gasteiger charge is 2.26. The Morgan fingerprint density at radius 1 is 1.19 bits per heavy atom. The molecule has 21 heavy (non-hydrogen) atoms. The van der Waals surface area contributed by atoms with Crippen molar-refractivity contribution in [2.45, 2.75) is 51.2 Å². The third kappa shape index (κ3) is 3.35. The molecule has 3 nitrogen and oxygen atoms in total. The number of rotatable bonds is 5. The third-order valence-corrected chi connectivity index (χ3v) is 4.23. The van der Waals surface area contributed by atoms with Gasteiger partial charge in [0.1, 0.15) is 17.4 Å². The van der Waals surface area contributed by atoms with E-state index in [1.54, 1.807) is 0 Å². The molecule has 3 heteroatoms. The van der Waals surface area contributed by atoms with Gasteiger partial charge in [0, 0.05) is 17.6 Å². The van der Waals surface area contributed by atoms with Crippen molar-refractivity contribution in [3.8, 4) is 5.75 Å². The van der Waals surface area contributed by atoms with Crippen LogP contribution in [-0.4, -0.2) is 23.7 Å². The van der Waals surface area contributed by atoms with Crippen molar-refractivity contribution in [1.82, 2.24) is 10.3 Å². The van der Waals surface area contributed by atoms with Crippen molar-refractivity contribution in [1.29, 1.82) is 0 Å². The lowest BCUT2D eigenvalue weighted by Crippen LogP contribution is -2.45. The van der Waals surface area contributed by atoms with Gasteiger partial charge >= 0.3 is 0 Å². The first-order chi connectivity index (χ1) is 10.4. The SMILES string of the molecule is CCCNC1CCCCC1Oc1cccc2cccnc12. The van der Waals surface area contributed by atoms with Gasteiger partial charge in [-0.1, -0.05) is 31.5 Å².